The minimum atomic E-state index is -0.132. The molecule has 0 radical (unpaired) electrons. The second-order valence-electron chi connectivity index (χ2n) is 4.80. The van der Waals surface area contributed by atoms with Crippen LogP contribution >= 0.6 is 0 Å². The van der Waals surface area contributed by atoms with Crippen LogP contribution in [0, 0.1) is 6.92 Å². The van der Waals surface area contributed by atoms with E-state index in [1.807, 2.05) is 13.0 Å². The van der Waals surface area contributed by atoms with Crippen molar-refractivity contribution in [2.24, 2.45) is 0 Å². The minimum Gasteiger partial charge on any atom is -0.504 e. The van der Waals surface area contributed by atoms with E-state index < -0.39 is 0 Å². The van der Waals surface area contributed by atoms with Crippen molar-refractivity contribution >= 4 is 11.9 Å². The van der Waals surface area contributed by atoms with Gasteiger partial charge in [-0.2, -0.15) is 0 Å². The van der Waals surface area contributed by atoms with E-state index in [4.69, 9.17) is 4.74 Å². The Hall–Kier alpha value is -1.77. The molecule has 1 aromatic rings. The van der Waals surface area contributed by atoms with Crippen LogP contribution in [0.5, 0.6) is 11.5 Å². The molecule has 0 heterocycles. The highest BCUT2D eigenvalue weighted by Crippen LogP contribution is 2.45. The lowest BCUT2D eigenvalue weighted by Gasteiger charge is -2.25. The van der Waals surface area contributed by atoms with Crippen molar-refractivity contribution in [2.75, 3.05) is 7.11 Å². The SMILES string of the molecule is COc1c(O)c(C(C)=O)c(C)c2c1C=CC[C@@H]2C. The summed E-state index contributed by atoms with van der Waals surface area (Å²) in [6, 6.07) is 0. The maximum atomic E-state index is 11.7. The third-order valence-electron chi connectivity index (χ3n) is 3.59. The normalized spacial score (nSPS) is 17.4. The molecule has 0 unspecified atom stereocenters. The van der Waals surface area contributed by atoms with Gasteiger partial charge in [-0.1, -0.05) is 19.1 Å². The summed E-state index contributed by atoms with van der Waals surface area (Å²) in [5, 5.41) is 10.2. The summed E-state index contributed by atoms with van der Waals surface area (Å²) in [5.74, 6) is 0.564. The van der Waals surface area contributed by atoms with Crippen molar-refractivity contribution in [2.45, 2.75) is 33.1 Å². The standard InChI is InChI=1S/C15H18O3/c1-8-6-5-7-11-12(8)9(2)13(10(3)16)14(17)15(11)18-4/h5,7-8,17H,6H2,1-4H3/t8-/m0/s1. The number of fused-ring (bicyclic) bond motifs is 1. The van der Waals surface area contributed by atoms with Gasteiger partial charge in [-0.15, -0.1) is 0 Å². The van der Waals surface area contributed by atoms with Crippen LogP contribution in [0.3, 0.4) is 0 Å². The maximum absolute atomic E-state index is 11.7. The molecule has 0 fully saturated rings. The lowest BCUT2D eigenvalue weighted by molar-refractivity contribution is 0.101. The number of benzene rings is 1. The molecule has 1 aliphatic carbocycles. The smallest absolute Gasteiger partial charge is 0.169 e. The topological polar surface area (TPSA) is 46.5 Å². The number of phenolic OH excluding ortho intramolecular Hbond substituents is 1. The second kappa shape index (κ2) is 4.48. The van der Waals surface area contributed by atoms with Gasteiger partial charge < -0.3 is 9.84 Å². The van der Waals surface area contributed by atoms with E-state index in [2.05, 4.69) is 13.0 Å². The number of ketones is 1. The van der Waals surface area contributed by atoms with Crippen LogP contribution in [0.15, 0.2) is 6.08 Å². The molecule has 1 N–H and O–H groups in total. The van der Waals surface area contributed by atoms with Crippen LogP contribution in [-0.4, -0.2) is 18.0 Å². The number of carbonyl (C=O) groups is 1. The summed E-state index contributed by atoms with van der Waals surface area (Å²) in [6.45, 7) is 5.48. The summed E-state index contributed by atoms with van der Waals surface area (Å²) in [4.78, 5) is 11.7. The van der Waals surface area contributed by atoms with Gasteiger partial charge >= 0.3 is 0 Å². The van der Waals surface area contributed by atoms with Crippen molar-refractivity contribution < 1.29 is 14.6 Å². The van der Waals surface area contributed by atoms with Crippen LogP contribution in [0.4, 0.5) is 0 Å². The Morgan fingerprint density at radius 2 is 2.17 bits per heavy atom. The van der Waals surface area contributed by atoms with Gasteiger partial charge in [-0.05, 0) is 37.3 Å². The molecule has 18 heavy (non-hydrogen) atoms. The van der Waals surface area contributed by atoms with Crippen LogP contribution in [-0.2, 0) is 0 Å². The van der Waals surface area contributed by atoms with E-state index in [1.165, 1.54) is 14.0 Å². The number of methoxy groups -OCH3 is 1. The van der Waals surface area contributed by atoms with Gasteiger partial charge in [0.15, 0.2) is 17.3 Å². The maximum Gasteiger partial charge on any atom is 0.169 e. The first-order valence-corrected chi connectivity index (χ1v) is 6.09. The first kappa shape index (κ1) is 12.7. The molecule has 1 aromatic carbocycles. The van der Waals surface area contributed by atoms with Gasteiger partial charge in [-0.25, -0.2) is 0 Å². The molecule has 2 rings (SSSR count). The molecule has 0 saturated carbocycles. The number of hydrogen-bond donors (Lipinski definition) is 1. The number of allylic oxidation sites excluding steroid dienone is 1. The van der Waals surface area contributed by atoms with Crippen LogP contribution < -0.4 is 4.74 Å². The third-order valence-corrected chi connectivity index (χ3v) is 3.59. The van der Waals surface area contributed by atoms with E-state index in [0.29, 0.717) is 17.2 Å². The molecule has 0 aliphatic heterocycles. The highest BCUT2D eigenvalue weighted by Gasteiger charge is 2.27. The molecule has 1 aliphatic rings. The molecule has 1 atom stereocenters. The fourth-order valence-corrected chi connectivity index (χ4v) is 2.82. The van der Waals surface area contributed by atoms with Gasteiger partial charge in [0.1, 0.15) is 0 Å². The Morgan fingerprint density at radius 3 is 2.72 bits per heavy atom. The van der Waals surface area contributed by atoms with Crippen molar-refractivity contribution in [1.29, 1.82) is 0 Å². The summed E-state index contributed by atoms with van der Waals surface area (Å²) in [7, 11) is 1.52. The minimum absolute atomic E-state index is 0.0417. The van der Waals surface area contributed by atoms with E-state index in [9.17, 15) is 9.90 Å². The number of aromatic hydroxyl groups is 1. The molecule has 3 heteroatoms. The number of hydrogen-bond acceptors (Lipinski definition) is 3. The largest absolute Gasteiger partial charge is 0.504 e. The quantitative estimate of drug-likeness (QED) is 0.813. The lowest BCUT2D eigenvalue weighted by Crippen LogP contribution is -2.10. The van der Waals surface area contributed by atoms with Crippen molar-refractivity contribution in [3.8, 4) is 11.5 Å². The summed E-state index contributed by atoms with van der Waals surface area (Å²) < 4.78 is 5.28. The highest BCUT2D eigenvalue weighted by molar-refractivity contribution is 6.00. The van der Waals surface area contributed by atoms with Gasteiger partial charge in [0.25, 0.3) is 0 Å². The number of carbonyl (C=O) groups excluding carboxylic acids is 1. The van der Waals surface area contributed by atoms with Crippen LogP contribution in [0.1, 0.15) is 53.2 Å². The Kier molecular flexibility index (Phi) is 3.16. The summed E-state index contributed by atoms with van der Waals surface area (Å²) in [5.41, 5.74) is 3.26. The molecular weight excluding hydrogens is 228 g/mol. The van der Waals surface area contributed by atoms with Crippen molar-refractivity contribution in [3.63, 3.8) is 0 Å². The monoisotopic (exact) mass is 246 g/mol. The van der Waals surface area contributed by atoms with Gasteiger partial charge in [0.05, 0.1) is 12.7 Å². The Balaban J connectivity index is 2.87. The van der Waals surface area contributed by atoms with E-state index in [1.54, 1.807) is 0 Å². The summed E-state index contributed by atoms with van der Waals surface area (Å²) >= 11 is 0. The third kappa shape index (κ3) is 1.70. The molecule has 0 spiro atoms. The zero-order valence-corrected chi connectivity index (χ0v) is 11.2. The number of phenols is 1. The number of Topliss-reactive ketones (excluding diaryl/α,β-unsaturated/α-hetero) is 1. The highest BCUT2D eigenvalue weighted by atomic mass is 16.5. The molecule has 3 nitrogen and oxygen atoms in total. The molecular formula is C15H18O3. The predicted molar refractivity (Wildman–Crippen MR) is 71.5 cm³/mol. The number of rotatable bonds is 2. The fourth-order valence-electron chi connectivity index (χ4n) is 2.82. The van der Waals surface area contributed by atoms with Crippen molar-refractivity contribution in [3.05, 3.63) is 28.3 Å². The average Bonchev–Trinajstić information content (AvgIpc) is 2.28. The molecule has 0 bridgehead atoms. The Labute approximate surface area is 107 Å². The molecule has 96 valence electrons. The van der Waals surface area contributed by atoms with Crippen LogP contribution in [0.25, 0.3) is 6.08 Å². The van der Waals surface area contributed by atoms with E-state index in [0.717, 1.165) is 23.1 Å². The first-order chi connectivity index (χ1) is 8.49. The van der Waals surface area contributed by atoms with E-state index in [-0.39, 0.29) is 11.5 Å². The molecule has 0 saturated heterocycles. The first-order valence-electron chi connectivity index (χ1n) is 6.09. The number of ether oxygens (including phenoxy) is 1. The predicted octanol–water partition coefficient (Wildman–Crippen LogP) is 3.43. The second-order valence-corrected chi connectivity index (χ2v) is 4.80. The van der Waals surface area contributed by atoms with Gasteiger partial charge in [-0.3, -0.25) is 4.79 Å². The fraction of sp³-hybridized carbons (Fsp3) is 0.400. The average molecular weight is 246 g/mol. The van der Waals surface area contributed by atoms with Gasteiger partial charge in [0.2, 0.25) is 0 Å². The lowest BCUT2D eigenvalue weighted by atomic mass is 9.82. The molecule has 0 amide bonds. The Morgan fingerprint density at radius 1 is 1.50 bits per heavy atom. The van der Waals surface area contributed by atoms with Gasteiger partial charge in [0, 0.05) is 5.56 Å². The van der Waals surface area contributed by atoms with Crippen molar-refractivity contribution in [1.82, 2.24) is 0 Å². The molecule has 0 aromatic heterocycles. The summed E-state index contributed by atoms with van der Waals surface area (Å²) in [6.07, 6.45) is 4.98. The Bertz CT molecular complexity index is 541. The van der Waals surface area contributed by atoms with E-state index >= 15 is 0 Å². The zero-order valence-electron chi connectivity index (χ0n) is 11.2. The van der Waals surface area contributed by atoms with Crippen LogP contribution in [0.2, 0.25) is 0 Å². The zero-order chi connectivity index (χ0) is 13.4.